The Balaban J connectivity index is 1.68. The number of thiophene rings is 1. The van der Waals surface area contributed by atoms with Gasteiger partial charge in [0.1, 0.15) is 10.3 Å². The van der Waals surface area contributed by atoms with E-state index in [4.69, 9.17) is 4.42 Å². The van der Waals surface area contributed by atoms with Gasteiger partial charge in [0.25, 0.3) is 11.4 Å². The third kappa shape index (κ3) is 2.57. The van der Waals surface area contributed by atoms with Crippen molar-refractivity contribution < 1.29 is 4.42 Å². The SMILES string of the molecule is Cc1ccc(-c2csc3nc(-c4nc5ccccc5o4)[nH]c(=O)c23)cc1C. The predicted octanol–water partition coefficient (Wildman–Crippen LogP) is 5.08. The van der Waals surface area contributed by atoms with Gasteiger partial charge in [-0.3, -0.25) is 4.79 Å². The molecule has 0 atom stereocenters. The summed E-state index contributed by atoms with van der Waals surface area (Å²) < 4.78 is 5.74. The van der Waals surface area contributed by atoms with Crippen molar-refractivity contribution in [3.05, 3.63) is 69.3 Å². The Morgan fingerprint density at radius 2 is 1.89 bits per heavy atom. The number of nitrogens with one attached hydrogen (secondary N) is 1. The average Bonchev–Trinajstić information content (AvgIpc) is 3.28. The Morgan fingerprint density at radius 1 is 1.04 bits per heavy atom. The van der Waals surface area contributed by atoms with Crippen molar-refractivity contribution in [2.75, 3.05) is 0 Å². The third-order valence-electron chi connectivity index (χ3n) is 4.76. The van der Waals surface area contributed by atoms with Crippen LogP contribution in [0.3, 0.4) is 0 Å². The average molecular weight is 373 g/mol. The minimum atomic E-state index is -0.188. The molecule has 1 N–H and O–H groups in total. The summed E-state index contributed by atoms with van der Waals surface area (Å²) in [5.41, 5.74) is 5.55. The summed E-state index contributed by atoms with van der Waals surface area (Å²) in [4.78, 5) is 25.4. The molecule has 0 unspecified atom stereocenters. The summed E-state index contributed by atoms with van der Waals surface area (Å²) in [6, 6.07) is 13.7. The number of fused-ring (bicyclic) bond motifs is 2. The summed E-state index contributed by atoms with van der Waals surface area (Å²) in [5.74, 6) is 0.661. The maximum Gasteiger partial charge on any atom is 0.264 e. The second kappa shape index (κ2) is 5.89. The molecule has 0 radical (unpaired) electrons. The number of aromatic nitrogens is 3. The van der Waals surface area contributed by atoms with Crippen LogP contribution in [0.25, 0.3) is 44.2 Å². The fourth-order valence-electron chi connectivity index (χ4n) is 3.15. The Kier molecular flexibility index (Phi) is 3.48. The van der Waals surface area contributed by atoms with E-state index < -0.39 is 0 Å². The fourth-order valence-corrected chi connectivity index (χ4v) is 4.09. The van der Waals surface area contributed by atoms with Crippen LogP contribution in [0.2, 0.25) is 0 Å². The Hall–Kier alpha value is -3.25. The van der Waals surface area contributed by atoms with Gasteiger partial charge in [0.2, 0.25) is 0 Å². The predicted molar refractivity (Wildman–Crippen MR) is 108 cm³/mol. The van der Waals surface area contributed by atoms with Crippen LogP contribution in [0.4, 0.5) is 0 Å². The molecule has 27 heavy (non-hydrogen) atoms. The maximum atomic E-state index is 12.8. The number of H-pyrrole nitrogens is 1. The number of aryl methyl sites for hydroxylation is 2. The highest BCUT2D eigenvalue weighted by Crippen LogP contribution is 2.32. The smallest absolute Gasteiger partial charge is 0.264 e. The van der Waals surface area contributed by atoms with Crippen LogP contribution in [0.1, 0.15) is 11.1 Å². The van der Waals surface area contributed by atoms with E-state index in [9.17, 15) is 4.79 Å². The number of rotatable bonds is 2. The van der Waals surface area contributed by atoms with Crippen LogP contribution in [-0.4, -0.2) is 15.0 Å². The third-order valence-corrected chi connectivity index (χ3v) is 5.63. The number of benzene rings is 2. The molecule has 0 amide bonds. The van der Waals surface area contributed by atoms with Crippen LogP contribution in [0.5, 0.6) is 0 Å². The van der Waals surface area contributed by atoms with Gasteiger partial charge in [0.15, 0.2) is 11.4 Å². The zero-order chi connectivity index (χ0) is 18.5. The topological polar surface area (TPSA) is 71.8 Å². The molecule has 0 aliphatic carbocycles. The maximum absolute atomic E-state index is 12.8. The molecule has 5 aromatic rings. The first-order chi connectivity index (χ1) is 13.1. The standard InChI is InChI=1S/C21H15N3O2S/c1-11-7-8-13(9-12(11)2)14-10-27-21-17(14)19(25)23-18(24-21)20-22-15-5-3-4-6-16(15)26-20/h3-10H,1-2H3,(H,23,24,25). The van der Waals surface area contributed by atoms with Gasteiger partial charge < -0.3 is 9.40 Å². The Morgan fingerprint density at radius 3 is 2.70 bits per heavy atom. The van der Waals surface area contributed by atoms with Gasteiger partial charge in [-0.1, -0.05) is 30.3 Å². The van der Waals surface area contributed by atoms with E-state index in [0.717, 1.165) is 16.6 Å². The number of aromatic amines is 1. The van der Waals surface area contributed by atoms with E-state index in [1.54, 1.807) is 0 Å². The van der Waals surface area contributed by atoms with Crippen molar-refractivity contribution in [1.82, 2.24) is 15.0 Å². The van der Waals surface area contributed by atoms with Gasteiger partial charge in [-0.15, -0.1) is 11.3 Å². The molecule has 0 aliphatic heterocycles. The molecule has 132 valence electrons. The first kappa shape index (κ1) is 16.0. The number of oxazole rings is 1. The van der Waals surface area contributed by atoms with Gasteiger partial charge in [-0.05, 0) is 42.7 Å². The second-order valence-corrected chi connectivity index (χ2v) is 7.39. The van der Waals surface area contributed by atoms with Gasteiger partial charge in [-0.25, -0.2) is 9.97 Å². The minimum Gasteiger partial charge on any atom is -0.434 e. The minimum absolute atomic E-state index is 0.188. The van der Waals surface area contributed by atoms with Crippen molar-refractivity contribution in [2.24, 2.45) is 0 Å². The molecule has 0 bridgehead atoms. The van der Waals surface area contributed by atoms with Gasteiger partial charge in [0.05, 0.1) is 5.39 Å². The number of para-hydroxylation sites is 2. The molecule has 0 saturated heterocycles. The molecule has 5 rings (SSSR count). The monoisotopic (exact) mass is 373 g/mol. The number of hydrogen-bond donors (Lipinski definition) is 1. The van der Waals surface area contributed by atoms with Gasteiger partial charge in [0, 0.05) is 10.9 Å². The molecule has 2 aromatic carbocycles. The van der Waals surface area contributed by atoms with E-state index in [-0.39, 0.29) is 5.56 Å². The summed E-state index contributed by atoms with van der Waals surface area (Å²) in [6.45, 7) is 4.15. The van der Waals surface area contributed by atoms with E-state index in [1.807, 2.05) is 35.7 Å². The number of hydrogen-bond acceptors (Lipinski definition) is 5. The zero-order valence-corrected chi connectivity index (χ0v) is 15.6. The Labute approximate surface area is 158 Å². The molecule has 0 saturated carbocycles. The molecular formula is C21H15N3O2S. The molecule has 5 nitrogen and oxygen atoms in total. The normalized spacial score (nSPS) is 11.5. The molecule has 0 aliphatic rings. The first-order valence-electron chi connectivity index (χ1n) is 8.55. The first-order valence-corrected chi connectivity index (χ1v) is 9.43. The van der Waals surface area contributed by atoms with E-state index >= 15 is 0 Å². The zero-order valence-electron chi connectivity index (χ0n) is 14.7. The fraction of sp³-hybridized carbons (Fsp3) is 0.0952. The lowest BCUT2D eigenvalue weighted by Gasteiger charge is -2.04. The second-order valence-electron chi connectivity index (χ2n) is 6.53. The van der Waals surface area contributed by atoms with E-state index in [0.29, 0.717) is 27.5 Å². The molecule has 0 fully saturated rings. The lowest BCUT2D eigenvalue weighted by molar-refractivity contribution is 0.613. The molecule has 0 spiro atoms. The highest BCUT2D eigenvalue weighted by atomic mass is 32.1. The summed E-state index contributed by atoms with van der Waals surface area (Å²) in [6.07, 6.45) is 0. The summed E-state index contributed by atoms with van der Waals surface area (Å²) in [7, 11) is 0. The molecule has 3 aromatic heterocycles. The van der Waals surface area contributed by atoms with Crippen LogP contribution in [0, 0.1) is 13.8 Å². The van der Waals surface area contributed by atoms with Crippen LogP contribution in [-0.2, 0) is 0 Å². The van der Waals surface area contributed by atoms with Crippen molar-refractivity contribution in [3.63, 3.8) is 0 Å². The van der Waals surface area contributed by atoms with Crippen LogP contribution >= 0.6 is 11.3 Å². The molecule has 6 heteroatoms. The number of nitrogens with zero attached hydrogens (tertiary/aromatic N) is 2. The highest BCUT2D eigenvalue weighted by molar-refractivity contribution is 7.17. The van der Waals surface area contributed by atoms with Crippen molar-refractivity contribution in [1.29, 1.82) is 0 Å². The molecular weight excluding hydrogens is 358 g/mol. The largest absolute Gasteiger partial charge is 0.434 e. The molecule has 3 heterocycles. The van der Waals surface area contributed by atoms with E-state index in [2.05, 4.69) is 40.9 Å². The van der Waals surface area contributed by atoms with Crippen molar-refractivity contribution >= 4 is 32.7 Å². The summed E-state index contributed by atoms with van der Waals surface area (Å²) >= 11 is 1.45. The highest BCUT2D eigenvalue weighted by Gasteiger charge is 2.17. The lowest BCUT2D eigenvalue weighted by atomic mass is 10.0. The van der Waals surface area contributed by atoms with Crippen molar-refractivity contribution in [2.45, 2.75) is 13.8 Å². The quantitative estimate of drug-likeness (QED) is 0.468. The van der Waals surface area contributed by atoms with Crippen molar-refractivity contribution in [3.8, 4) is 22.8 Å². The van der Waals surface area contributed by atoms with Gasteiger partial charge in [-0.2, -0.15) is 0 Å². The lowest BCUT2D eigenvalue weighted by Crippen LogP contribution is -2.09. The summed E-state index contributed by atoms with van der Waals surface area (Å²) in [5, 5.41) is 2.58. The van der Waals surface area contributed by atoms with Crippen LogP contribution in [0.15, 0.2) is 57.1 Å². The van der Waals surface area contributed by atoms with E-state index in [1.165, 1.54) is 22.5 Å². The van der Waals surface area contributed by atoms with Crippen LogP contribution < -0.4 is 5.56 Å². The Bertz CT molecular complexity index is 1340. The van der Waals surface area contributed by atoms with Gasteiger partial charge >= 0.3 is 0 Å².